The van der Waals surface area contributed by atoms with Crippen LogP contribution in [0.15, 0.2) is 54.6 Å². The highest BCUT2D eigenvalue weighted by Gasteiger charge is 2.37. The first-order valence-corrected chi connectivity index (χ1v) is 10.4. The molecule has 1 atom stereocenters. The quantitative estimate of drug-likeness (QED) is 0.792. The van der Waals surface area contributed by atoms with Crippen LogP contribution in [-0.4, -0.2) is 41.9 Å². The molecule has 2 saturated heterocycles. The van der Waals surface area contributed by atoms with Gasteiger partial charge in [-0.25, -0.2) is 0 Å². The van der Waals surface area contributed by atoms with E-state index in [4.69, 9.17) is 11.6 Å². The van der Waals surface area contributed by atoms with Crippen LogP contribution in [0.5, 0.6) is 0 Å². The fourth-order valence-electron chi connectivity index (χ4n) is 3.96. The van der Waals surface area contributed by atoms with Crippen LogP contribution in [0.1, 0.15) is 24.8 Å². The summed E-state index contributed by atoms with van der Waals surface area (Å²) in [6, 6.07) is 17.1. The maximum absolute atomic E-state index is 12.9. The average molecular weight is 413 g/mol. The van der Waals surface area contributed by atoms with Crippen molar-refractivity contribution in [3.63, 3.8) is 0 Å². The monoisotopic (exact) mass is 412 g/mol. The fourth-order valence-corrected chi connectivity index (χ4v) is 4.08. The average Bonchev–Trinajstić information content (AvgIpc) is 3.13. The van der Waals surface area contributed by atoms with E-state index in [1.807, 2.05) is 6.07 Å². The molecule has 2 aromatic rings. The molecule has 2 aliphatic heterocycles. The molecule has 0 aromatic heterocycles. The van der Waals surface area contributed by atoms with Crippen molar-refractivity contribution in [1.29, 1.82) is 0 Å². The highest BCUT2D eigenvalue weighted by Crippen LogP contribution is 2.23. The number of halogens is 1. The van der Waals surface area contributed by atoms with E-state index in [0.29, 0.717) is 5.02 Å². The molecule has 4 rings (SSSR count). The lowest BCUT2D eigenvalue weighted by molar-refractivity contribution is -0.125. The molecule has 0 spiro atoms. The molecule has 152 valence electrons. The third-order valence-electron chi connectivity index (χ3n) is 5.53. The predicted molar refractivity (Wildman–Crippen MR) is 113 cm³/mol. The number of amides is 2. The third kappa shape index (κ3) is 4.89. The topological polar surface area (TPSA) is 64.7 Å². The standard InChI is InChI=1S/C22H25ClN4O2/c23-17-6-8-19(9-7-17)27-20(14-21(28)25-27)22(29)24-18-10-12-26(13-11-18)15-16-4-2-1-3-5-16/h1-9,18,20H,10-15H2,(H,24,29)(H,25,28). The predicted octanol–water partition coefficient (Wildman–Crippen LogP) is 2.73. The van der Waals surface area contributed by atoms with E-state index in [9.17, 15) is 9.59 Å². The number of anilines is 1. The lowest BCUT2D eigenvalue weighted by atomic mass is 10.0. The van der Waals surface area contributed by atoms with Crippen LogP contribution in [-0.2, 0) is 16.1 Å². The van der Waals surface area contributed by atoms with Gasteiger partial charge in [-0.3, -0.25) is 24.9 Å². The van der Waals surface area contributed by atoms with Crippen LogP contribution < -0.4 is 15.8 Å². The zero-order valence-electron chi connectivity index (χ0n) is 16.2. The second-order valence-electron chi connectivity index (χ2n) is 7.65. The second kappa shape index (κ2) is 8.84. The van der Waals surface area contributed by atoms with Crippen molar-refractivity contribution in [1.82, 2.24) is 15.6 Å². The zero-order valence-corrected chi connectivity index (χ0v) is 16.9. The number of rotatable bonds is 5. The number of carbonyl (C=O) groups is 2. The van der Waals surface area contributed by atoms with Crippen molar-refractivity contribution < 1.29 is 9.59 Å². The summed E-state index contributed by atoms with van der Waals surface area (Å²) in [4.78, 5) is 27.3. The number of nitrogens with one attached hydrogen (secondary N) is 2. The SMILES string of the molecule is O=C1CC(C(=O)NC2CCN(Cc3ccccc3)CC2)N(c2ccc(Cl)cc2)N1. The van der Waals surface area contributed by atoms with E-state index in [-0.39, 0.29) is 24.3 Å². The summed E-state index contributed by atoms with van der Waals surface area (Å²) < 4.78 is 0. The summed E-state index contributed by atoms with van der Waals surface area (Å²) in [6.45, 7) is 2.83. The summed E-state index contributed by atoms with van der Waals surface area (Å²) in [5, 5.41) is 5.40. The summed E-state index contributed by atoms with van der Waals surface area (Å²) >= 11 is 5.95. The Morgan fingerprint density at radius 1 is 1.07 bits per heavy atom. The van der Waals surface area contributed by atoms with Crippen LogP contribution in [0.25, 0.3) is 0 Å². The van der Waals surface area contributed by atoms with Gasteiger partial charge in [0.15, 0.2) is 0 Å². The van der Waals surface area contributed by atoms with Crippen molar-refractivity contribution in [3.8, 4) is 0 Å². The number of hydrogen-bond acceptors (Lipinski definition) is 4. The highest BCUT2D eigenvalue weighted by molar-refractivity contribution is 6.30. The zero-order chi connectivity index (χ0) is 20.2. The highest BCUT2D eigenvalue weighted by atomic mass is 35.5. The lowest BCUT2D eigenvalue weighted by Crippen LogP contribution is -2.52. The molecule has 0 bridgehead atoms. The van der Waals surface area contributed by atoms with E-state index in [1.54, 1.807) is 29.3 Å². The molecule has 1 unspecified atom stereocenters. The first-order valence-electron chi connectivity index (χ1n) is 9.99. The lowest BCUT2D eigenvalue weighted by Gasteiger charge is -2.33. The molecule has 2 aliphatic rings. The van der Waals surface area contributed by atoms with Gasteiger partial charge in [0.1, 0.15) is 6.04 Å². The number of nitrogens with zero attached hydrogens (tertiary/aromatic N) is 2. The number of carbonyl (C=O) groups excluding carboxylic acids is 2. The van der Waals surface area contributed by atoms with Crippen LogP contribution in [0.4, 0.5) is 5.69 Å². The number of piperidine rings is 1. The minimum atomic E-state index is -0.550. The van der Waals surface area contributed by atoms with Crippen LogP contribution in [0.2, 0.25) is 5.02 Å². The molecular formula is C22H25ClN4O2. The molecule has 7 heteroatoms. The molecule has 2 heterocycles. The molecule has 0 radical (unpaired) electrons. The van der Waals surface area contributed by atoms with Gasteiger partial charge in [-0.05, 0) is 42.7 Å². The minimum Gasteiger partial charge on any atom is -0.351 e. The fraction of sp³-hybridized carbons (Fsp3) is 0.364. The first-order chi connectivity index (χ1) is 14.1. The van der Waals surface area contributed by atoms with Crippen LogP contribution >= 0.6 is 11.6 Å². The smallest absolute Gasteiger partial charge is 0.245 e. The molecule has 2 fully saturated rings. The largest absolute Gasteiger partial charge is 0.351 e. The van der Waals surface area contributed by atoms with Gasteiger partial charge in [-0.15, -0.1) is 0 Å². The van der Waals surface area contributed by atoms with Gasteiger partial charge in [0.05, 0.1) is 12.1 Å². The van der Waals surface area contributed by atoms with E-state index in [2.05, 4.69) is 39.9 Å². The Bertz CT molecular complexity index is 851. The Morgan fingerprint density at radius 2 is 1.76 bits per heavy atom. The summed E-state index contributed by atoms with van der Waals surface area (Å²) in [5.41, 5.74) is 4.83. The van der Waals surface area contributed by atoms with Crippen LogP contribution in [0, 0.1) is 0 Å². The van der Waals surface area contributed by atoms with E-state index >= 15 is 0 Å². The Kier molecular flexibility index (Phi) is 6.02. The van der Waals surface area contributed by atoms with Crippen molar-refractivity contribution in [2.75, 3.05) is 18.1 Å². The van der Waals surface area contributed by atoms with Gasteiger partial charge in [0, 0.05) is 30.7 Å². The Balaban J connectivity index is 1.32. The molecule has 2 amide bonds. The number of hydrazine groups is 1. The summed E-state index contributed by atoms with van der Waals surface area (Å²) in [6.07, 6.45) is 1.97. The maximum atomic E-state index is 12.9. The van der Waals surface area contributed by atoms with Crippen molar-refractivity contribution in [2.24, 2.45) is 0 Å². The molecule has 6 nitrogen and oxygen atoms in total. The second-order valence-corrected chi connectivity index (χ2v) is 8.08. The van der Waals surface area contributed by atoms with Gasteiger partial charge in [-0.2, -0.15) is 0 Å². The molecular weight excluding hydrogens is 388 g/mol. The normalized spacial score (nSPS) is 20.5. The molecule has 0 saturated carbocycles. The Hall–Kier alpha value is -2.57. The Labute approximate surface area is 175 Å². The van der Waals surface area contributed by atoms with Crippen molar-refractivity contribution in [3.05, 3.63) is 65.2 Å². The van der Waals surface area contributed by atoms with Gasteiger partial charge < -0.3 is 5.32 Å². The van der Waals surface area contributed by atoms with Gasteiger partial charge >= 0.3 is 0 Å². The molecule has 29 heavy (non-hydrogen) atoms. The number of hydrogen-bond donors (Lipinski definition) is 2. The number of likely N-dealkylation sites (tertiary alicyclic amines) is 1. The third-order valence-corrected chi connectivity index (χ3v) is 5.78. The number of benzene rings is 2. The van der Waals surface area contributed by atoms with Crippen LogP contribution in [0.3, 0.4) is 0 Å². The summed E-state index contributed by atoms with van der Waals surface area (Å²) in [5.74, 6) is -0.266. The first kappa shape index (κ1) is 19.7. The van der Waals surface area contributed by atoms with Gasteiger partial charge in [-0.1, -0.05) is 41.9 Å². The molecule has 2 N–H and O–H groups in total. The van der Waals surface area contributed by atoms with E-state index < -0.39 is 6.04 Å². The van der Waals surface area contributed by atoms with Crippen molar-refractivity contribution >= 4 is 29.1 Å². The maximum Gasteiger partial charge on any atom is 0.245 e. The van der Waals surface area contributed by atoms with Crippen molar-refractivity contribution in [2.45, 2.75) is 37.9 Å². The molecule has 0 aliphatic carbocycles. The van der Waals surface area contributed by atoms with E-state index in [0.717, 1.165) is 38.2 Å². The summed E-state index contributed by atoms with van der Waals surface area (Å²) in [7, 11) is 0. The molecule has 2 aromatic carbocycles. The van der Waals surface area contributed by atoms with E-state index in [1.165, 1.54) is 5.56 Å². The Morgan fingerprint density at radius 3 is 2.45 bits per heavy atom. The van der Waals surface area contributed by atoms with Gasteiger partial charge in [0.2, 0.25) is 11.8 Å². The minimum absolute atomic E-state index is 0.111. The van der Waals surface area contributed by atoms with Gasteiger partial charge in [0.25, 0.3) is 0 Å².